The molecule has 11 N–H and O–H groups in total. The van der Waals surface area contributed by atoms with E-state index in [1.54, 1.807) is 6.20 Å². The highest BCUT2D eigenvalue weighted by molar-refractivity contribution is 5.92. The summed E-state index contributed by atoms with van der Waals surface area (Å²) in [4.78, 5) is 43.8. The van der Waals surface area contributed by atoms with Crippen molar-refractivity contribution in [3.05, 3.63) is 36.0 Å². The summed E-state index contributed by atoms with van der Waals surface area (Å²) in [5, 5.41) is 25.3. The molecule has 12 nitrogen and oxygen atoms in total. The van der Waals surface area contributed by atoms with E-state index in [0.29, 0.717) is 12.0 Å². The van der Waals surface area contributed by atoms with Crippen molar-refractivity contribution in [3.63, 3.8) is 0 Å². The summed E-state index contributed by atoms with van der Waals surface area (Å²) in [6.07, 6.45) is 1.09. The zero-order valence-corrected chi connectivity index (χ0v) is 18.3. The highest BCUT2D eigenvalue weighted by Crippen LogP contribution is 2.19. The number of carbonyl (C=O) groups is 3. The molecule has 0 saturated carbocycles. The summed E-state index contributed by atoms with van der Waals surface area (Å²) in [5.74, 6) is -2.82. The molecule has 2 amide bonds. The quantitative estimate of drug-likeness (QED) is 0.105. The molecule has 0 saturated heterocycles. The van der Waals surface area contributed by atoms with Gasteiger partial charge in [-0.05, 0) is 31.4 Å². The van der Waals surface area contributed by atoms with E-state index in [1.165, 1.54) is 6.92 Å². The molecule has 0 radical (unpaired) electrons. The van der Waals surface area contributed by atoms with Crippen LogP contribution >= 0.6 is 0 Å². The third-order valence-corrected chi connectivity index (χ3v) is 5.08. The minimum absolute atomic E-state index is 0.00979. The minimum atomic E-state index is -1.38. The number of para-hydroxylation sites is 1. The zero-order valence-electron chi connectivity index (χ0n) is 18.3. The lowest BCUT2D eigenvalue weighted by atomic mass is 10.0. The van der Waals surface area contributed by atoms with Gasteiger partial charge in [-0.1, -0.05) is 18.2 Å². The molecule has 1 aromatic heterocycles. The summed E-state index contributed by atoms with van der Waals surface area (Å²) < 4.78 is 0. The molecular formula is C21H31N7O5. The van der Waals surface area contributed by atoms with E-state index in [-0.39, 0.29) is 25.3 Å². The Hall–Kier alpha value is -3.64. The van der Waals surface area contributed by atoms with Crippen LogP contribution in [-0.4, -0.2) is 69.7 Å². The van der Waals surface area contributed by atoms with Gasteiger partial charge in [0.1, 0.15) is 12.1 Å². The number of hydrogen-bond donors (Lipinski definition) is 8. The number of carbonyl (C=O) groups excluding carboxylic acids is 2. The van der Waals surface area contributed by atoms with Crippen LogP contribution in [0.5, 0.6) is 0 Å². The number of aliphatic hydroxyl groups excluding tert-OH is 1. The first kappa shape index (κ1) is 25.6. The van der Waals surface area contributed by atoms with Gasteiger partial charge in [0.2, 0.25) is 11.8 Å². The van der Waals surface area contributed by atoms with E-state index in [0.717, 1.165) is 10.9 Å². The summed E-state index contributed by atoms with van der Waals surface area (Å²) >= 11 is 0. The first-order valence-corrected chi connectivity index (χ1v) is 10.5. The number of carboxylic acids is 1. The Labute approximate surface area is 190 Å². The molecular weight excluding hydrogens is 430 g/mol. The largest absolute Gasteiger partial charge is 0.480 e. The number of guanidine groups is 1. The van der Waals surface area contributed by atoms with Gasteiger partial charge in [-0.3, -0.25) is 14.6 Å². The number of amides is 2. The fourth-order valence-electron chi connectivity index (χ4n) is 3.30. The van der Waals surface area contributed by atoms with Crippen LogP contribution < -0.4 is 27.8 Å². The van der Waals surface area contributed by atoms with E-state index < -0.39 is 42.0 Å². The van der Waals surface area contributed by atoms with Crippen LogP contribution in [0.3, 0.4) is 0 Å². The van der Waals surface area contributed by atoms with Gasteiger partial charge in [-0.15, -0.1) is 0 Å². The Kier molecular flexibility index (Phi) is 9.18. The Morgan fingerprint density at radius 3 is 2.48 bits per heavy atom. The van der Waals surface area contributed by atoms with E-state index in [4.69, 9.17) is 17.2 Å². The molecule has 2 rings (SSSR count). The van der Waals surface area contributed by atoms with Crippen LogP contribution in [0.1, 0.15) is 25.3 Å². The number of hydrogen-bond acceptors (Lipinski definition) is 6. The molecule has 0 unspecified atom stereocenters. The minimum Gasteiger partial charge on any atom is -0.480 e. The normalized spacial score (nSPS) is 14.6. The third-order valence-electron chi connectivity index (χ3n) is 5.08. The maximum atomic E-state index is 12.7. The summed E-state index contributed by atoms with van der Waals surface area (Å²) in [6.45, 7) is 1.60. The standard InChI is InChI=1S/C21H31N7O5/c1-11(29)17(28-18(30)14(22)6-4-8-25-21(23)24)19(31)27-16(20(32)33)9-12-10-26-15-7-3-2-5-13(12)15/h2-3,5,7,10-11,14,16-17,26,29H,4,6,8-9,22H2,1H3,(H,27,31)(H,28,30)(H,32,33)(H4,23,24,25)/t11-,14+,16+,17+/m1/s1. The summed E-state index contributed by atoms with van der Waals surface area (Å²) in [7, 11) is 0. The van der Waals surface area contributed by atoms with Crippen molar-refractivity contribution < 1.29 is 24.6 Å². The molecule has 0 fully saturated rings. The van der Waals surface area contributed by atoms with Crippen molar-refractivity contribution in [2.45, 2.75) is 50.4 Å². The molecule has 1 aromatic carbocycles. The van der Waals surface area contributed by atoms with Gasteiger partial charge in [0.25, 0.3) is 0 Å². The second kappa shape index (κ2) is 11.8. The van der Waals surface area contributed by atoms with Gasteiger partial charge in [0.05, 0.1) is 12.1 Å². The van der Waals surface area contributed by atoms with Crippen LogP contribution in [0, 0.1) is 0 Å². The van der Waals surface area contributed by atoms with Gasteiger partial charge in [-0.2, -0.15) is 0 Å². The molecule has 1 heterocycles. The number of rotatable bonds is 12. The number of aliphatic carboxylic acids is 1. The monoisotopic (exact) mass is 461 g/mol. The molecule has 0 aliphatic heterocycles. The van der Waals surface area contributed by atoms with E-state index in [1.807, 2.05) is 24.3 Å². The number of aromatic amines is 1. The highest BCUT2D eigenvalue weighted by Gasteiger charge is 2.31. The number of aromatic nitrogens is 1. The van der Waals surface area contributed by atoms with Crippen LogP contribution in [-0.2, 0) is 20.8 Å². The zero-order chi connectivity index (χ0) is 24.5. The number of H-pyrrole nitrogens is 1. The van der Waals surface area contributed by atoms with Crippen molar-refractivity contribution >= 4 is 34.6 Å². The van der Waals surface area contributed by atoms with Crippen LogP contribution in [0.15, 0.2) is 35.5 Å². The second-order valence-corrected chi connectivity index (χ2v) is 7.75. The van der Waals surface area contributed by atoms with Crippen molar-refractivity contribution in [3.8, 4) is 0 Å². The second-order valence-electron chi connectivity index (χ2n) is 7.75. The summed E-state index contributed by atoms with van der Waals surface area (Å²) in [5.41, 5.74) is 17.9. The first-order chi connectivity index (χ1) is 15.6. The molecule has 0 spiro atoms. The van der Waals surface area contributed by atoms with Gasteiger partial charge in [-0.25, -0.2) is 4.79 Å². The number of benzene rings is 1. The maximum Gasteiger partial charge on any atom is 0.326 e. The lowest BCUT2D eigenvalue weighted by Gasteiger charge is -2.24. The Balaban J connectivity index is 2.02. The fraction of sp³-hybridized carbons (Fsp3) is 0.429. The fourth-order valence-corrected chi connectivity index (χ4v) is 3.30. The Morgan fingerprint density at radius 1 is 1.15 bits per heavy atom. The molecule has 2 aromatic rings. The molecule has 33 heavy (non-hydrogen) atoms. The molecule has 0 bridgehead atoms. The first-order valence-electron chi connectivity index (χ1n) is 10.5. The van der Waals surface area contributed by atoms with Crippen LogP contribution in [0.2, 0.25) is 0 Å². The van der Waals surface area contributed by atoms with Crippen molar-refractivity contribution in [2.75, 3.05) is 6.54 Å². The lowest BCUT2D eigenvalue weighted by molar-refractivity contribution is -0.142. The average molecular weight is 462 g/mol. The maximum absolute atomic E-state index is 12.7. The molecule has 4 atom stereocenters. The Morgan fingerprint density at radius 2 is 1.85 bits per heavy atom. The number of nitrogens with one attached hydrogen (secondary N) is 3. The number of nitrogens with zero attached hydrogens (tertiary/aromatic N) is 1. The van der Waals surface area contributed by atoms with Crippen LogP contribution in [0.4, 0.5) is 0 Å². The Bertz CT molecular complexity index is 1000. The topological polar surface area (TPSA) is 222 Å². The molecule has 180 valence electrons. The molecule has 0 aliphatic rings. The van der Waals surface area contributed by atoms with Gasteiger partial charge < -0.3 is 43.0 Å². The predicted octanol–water partition coefficient (Wildman–Crippen LogP) is -1.47. The van der Waals surface area contributed by atoms with E-state index in [9.17, 15) is 24.6 Å². The molecule has 0 aliphatic carbocycles. The SMILES string of the molecule is C[C@@H](O)[C@H](NC(=O)[C@@H](N)CCCN=C(N)N)C(=O)N[C@@H](Cc1c[nH]c2ccccc12)C(=O)O. The van der Waals surface area contributed by atoms with Crippen molar-refractivity contribution in [1.82, 2.24) is 15.6 Å². The number of fused-ring (bicyclic) bond motifs is 1. The van der Waals surface area contributed by atoms with Crippen molar-refractivity contribution in [2.24, 2.45) is 22.2 Å². The van der Waals surface area contributed by atoms with E-state index >= 15 is 0 Å². The van der Waals surface area contributed by atoms with E-state index in [2.05, 4.69) is 20.6 Å². The number of nitrogens with two attached hydrogens (primary N) is 3. The smallest absolute Gasteiger partial charge is 0.326 e. The lowest BCUT2D eigenvalue weighted by Crippen LogP contribution is -2.58. The highest BCUT2D eigenvalue weighted by atomic mass is 16.4. The number of aliphatic imine (C=N–C) groups is 1. The predicted molar refractivity (Wildman–Crippen MR) is 123 cm³/mol. The van der Waals surface area contributed by atoms with Gasteiger partial charge >= 0.3 is 5.97 Å². The summed E-state index contributed by atoms with van der Waals surface area (Å²) in [6, 6.07) is 3.75. The van der Waals surface area contributed by atoms with Gasteiger partial charge in [0.15, 0.2) is 5.96 Å². The third kappa shape index (κ3) is 7.47. The van der Waals surface area contributed by atoms with Crippen molar-refractivity contribution in [1.29, 1.82) is 0 Å². The van der Waals surface area contributed by atoms with Crippen LogP contribution in [0.25, 0.3) is 10.9 Å². The number of aliphatic hydroxyl groups is 1. The molecule has 12 heteroatoms. The average Bonchev–Trinajstić information content (AvgIpc) is 3.16. The van der Waals surface area contributed by atoms with Gasteiger partial charge in [0, 0.05) is 30.1 Å². The number of carboxylic acid groups (broad SMARTS) is 1.